The second-order valence-corrected chi connectivity index (χ2v) is 0.266. The van der Waals surface area contributed by atoms with Crippen LogP contribution in [-0.2, 0) is 0 Å². The minimum atomic E-state index is -2.08. The van der Waals surface area contributed by atoms with Gasteiger partial charge in [-0.3, -0.25) is 0 Å². The van der Waals surface area contributed by atoms with Crippen LogP contribution in [0.5, 0.6) is 0 Å². The van der Waals surface area contributed by atoms with Crippen LogP contribution in [0.4, 0.5) is 4.79 Å². The fourth-order valence-corrected chi connectivity index (χ4v) is 0. The number of carboxylic acid groups (broad SMARTS) is 2. The molecule has 0 saturated heterocycles. The smallest absolute Gasteiger partial charge is 0.565 e. The van der Waals surface area contributed by atoms with Gasteiger partial charge in [0.1, 0.15) is 0 Å². The van der Waals surface area contributed by atoms with Crippen molar-refractivity contribution in [2.75, 3.05) is 0 Å². The van der Waals surface area contributed by atoms with Crippen molar-refractivity contribution in [3.63, 3.8) is 0 Å². The summed E-state index contributed by atoms with van der Waals surface area (Å²) in [6.45, 7) is 0. The third-order valence-corrected chi connectivity index (χ3v) is 0. The van der Waals surface area contributed by atoms with E-state index in [0.717, 1.165) is 0 Å². The molecule has 0 heterocycles. The van der Waals surface area contributed by atoms with E-state index in [1.165, 1.54) is 0 Å². The fourth-order valence-electron chi connectivity index (χ4n) is 0. The Kier molecular flexibility index (Phi) is 25.0. The van der Waals surface area contributed by atoms with Crippen molar-refractivity contribution in [3.05, 3.63) is 0 Å². The Balaban J connectivity index is -0.0000000450. The Labute approximate surface area is 46.3 Å². The van der Waals surface area contributed by atoms with E-state index in [1.807, 2.05) is 0 Å². The van der Waals surface area contributed by atoms with Gasteiger partial charge in [-0.2, -0.15) is 0 Å². The monoisotopic (exact) mass is 86.0 g/mol. The van der Waals surface area contributed by atoms with Gasteiger partial charge in [0.15, 0.2) is 0 Å². The summed E-state index contributed by atoms with van der Waals surface area (Å²) in [6.07, 6.45) is -2.08. The molecule has 0 rings (SSSR count). The summed E-state index contributed by atoms with van der Waals surface area (Å²) in [6, 6.07) is 0. The first-order valence-electron chi connectivity index (χ1n) is 0.632. The van der Waals surface area contributed by atoms with Crippen LogP contribution in [0.1, 0.15) is 0 Å². The molecule has 32 valence electrons. The Bertz CT molecular complexity index is 30.5. The van der Waals surface area contributed by atoms with Gasteiger partial charge in [-0.1, -0.05) is 0 Å². The molecule has 0 aromatic heterocycles. The van der Waals surface area contributed by atoms with E-state index in [9.17, 15) is 0 Å². The zero-order chi connectivity index (χ0) is 3.58. The van der Waals surface area contributed by atoms with Gasteiger partial charge in [0.05, 0.1) is 0 Å². The Morgan fingerprint density at radius 1 is 1.67 bits per heavy atom. The van der Waals surface area contributed by atoms with E-state index in [2.05, 4.69) is 0 Å². The number of hydrogen-bond donors (Lipinski definition) is 1. The molecule has 0 atom stereocenters. The largest absolute Gasteiger partial charge is 1.00 e. The molecular weight excluding hydrogens is 82.9 g/mol. The quantitative estimate of drug-likeness (QED) is 0.299. The maximum Gasteiger partial charge on any atom is 1.00 e. The molecule has 0 aliphatic rings. The van der Waals surface area contributed by atoms with Crippen molar-refractivity contribution >= 4 is 6.16 Å². The van der Waals surface area contributed by atoms with E-state index < -0.39 is 6.16 Å². The molecule has 0 saturated carbocycles. The molecule has 0 aliphatic heterocycles. The number of carbonyl (C=O) groups is 1. The van der Waals surface area contributed by atoms with Crippen molar-refractivity contribution in [2.24, 2.45) is 0 Å². The third kappa shape index (κ3) is 1030. The normalized spacial score (nSPS) is 4.00. The van der Waals surface area contributed by atoms with Crippen LogP contribution in [0.15, 0.2) is 0 Å². The summed E-state index contributed by atoms with van der Waals surface area (Å²) in [4.78, 5) is 8.44. The van der Waals surface area contributed by atoms with Crippen molar-refractivity contribution in [1.82, 2.24) is 0 Å². The van der Waals surface area contributed by atoms with Gasteiger partial charge >= 0.3 is 18.9 Å². The molecule has 0 fully saturated rings. The molecule has 0 spiro atoms. The molecule has 0 unspecified atom stereocenters. The molecule has 0 aromatic carbocycles. The first kappa shape index (κ1) is 17.0. The van der Waals surface area contributed by atoms with E-state index in [0.29, 0.717) is 0 Å². The SMILES string of the molecule is O.O=C([O-])O.[Li+]. The minimum absolute atomic E-state index is 0. The predicted molar refractivity (Wildman–Crippen MR) is 11.6 cm³/mol. The van der Waals surface area contributed by atoms with Crippen molar-refractivity contribution in [3.8, 4) is 0 Å². The van der Waals surface area contributed by atoms with Crippen LogP contribution in [-0.4, -0.2) is 16.7 Å². The summed E-state index contributed by atoms with van der Waals surface area (Å²) in [5.41, 5.74) is 0. The van der Waals surface area contributed by atoms with Crippen LogP contribution in [0.2, 0.25) is 0 Å². The zero-order valence-electron chi connectivity index (χ0n) is 3.26. The molecule has 5 heteroatoms. The Hall–Kier alpha value is -0.173. The number of rotatable bonds is 0. The van der Waals surface area contributed by atoms with Crippen molar-refractivity contribution < 1.29 is 39.3 Å². The van der Waals surface area contributed by atoms with E-state index in [-0.39, 0.29) is 24.3 Å². The van der Waals surface area contributed by atoms with E-state index >= 15 is 0 Å². The summed E-state index contributed by atoms with van der Waals surface area (Å²) in [5.74, 6) is 0. The molecule has 3 N–H and O–H groups in total. The molecule has 4 nitrogen and oxygen atoms in total. The third-order valence-electron chi connectivity index (χ3n) is 0. The maximum absolute atomic E-state index is 8.44. The molecule has 6 heavy (non-hydrogen) atoms. The standard InChI is InChI=1S/CH2O3.Li.H2O/c2-1(3)4;;/h(H2,2,3,4);;1H2/q;+1;/p-1. The molecule has 0 radical (unpaired) electrons. The van der Waals surface area contributed by atoms with Crippen molar-refractivity contribution in [2.45, 2.75) is 0 Å². The first-order chi connectivity index (χ1) is 1.73. The van der Waals surface area contributed by atoms with Gasteiger partial charge in [-0.05, 0) is 0 Å². The average molecular weight is 86.0 g/mol. The van der Waals surface area contributed by atoms with E-state index in [1.54, 1.807) is 0 Å². The van der Waals surface area contributed by atoms with Crippen LogP contribution in [0, 0.1) is 0 Å². The topological polar surface area (TPSA) is 91.9 Å². The van der Waals surface area contributed by atoms with E-state index in [4.69, 9.17) is 15.0 Å². The Morgan fingerprint density at radius 2 is 1.67 bits per heavy atom. The second-order valence-electron chi connectivity index (χ2n) is 0.266. The van der Waals surface area contributed by atoms with Crippen LogP contribution in [0.3, 0.4) is 0 Å². The molecule has 0 amide bonds. The van der Waals surface area contributed by atoms with Gasteiger partial charge in [0.2, 0.25) is 6.16 Å². The Morgan fingerprint density at radius 3 is 1.67 bits per heavy atom. The summed E-state index contributed by atoms with van der Waals surface area (Å²) >= 11 is 0. The van der Waals surface area contributed by atoms with Gasteiger partial charge < -0.3 is 20.5 Å². The minimum Gasteiger partial charge on any atom is -0.565 e. The summed E-state index contributed by atoms with van der Waals surface area (Å²) < 4.78 is 0. The molecule has 0 bridgehead atoms. The van der Waals surface area contributed by atoms with Gasteiger partial charge in [0, 0.05) is 0 Å². The molecular formula is CH3LiO4. The van der Waals surface area contributed by atoms with Crippen LogP contribution in [0.25, 0.3) is 0 Å². The van der Waals surface area contributed by atoms with Gasteiger partial charge in [0.25, 0.3) is 0 Å². The maximum atomic E-state index is 8.44. The summed E-state index contributed by atoms with van der Waals surface area (Å²) in [7, 11) is 0. The van der Waals surface area contributed by atoms with Crippen LogP contribution < -0.4 is 24.0 Å². The second kappa shape index (κ2) is 8.85. The fraction of sp³-hybridized carbons (Fsp3) is 0. The molecule has 0 aromatic rings. The predicted octanol–water partition coefficient (Wildman–Crippen LogP) is -4.93. The van der Waals surface area contributed by atoms with Crippen molar-refractivity contribution in [1.29, 1.82) is 0 Å². The van der Waals surface area contributed by atoms with Gasteiger partial charge in [-0.15, -0.1) is 0 Å². The summed E-state index contributed by atoms with van der Waals surface area (Å²) in [5, 5.41) is 15.3. The first-order valence-corrected chi connectivity index (χ1v) is 0.632. The zero-order valence-corrected chi connectivity index (χ0v) is 3.26. The molecule has 0 aliphatic carbocycles. The van der Waals surface area contributed by atoms with Gasteiger partial charge in [-0.25, -0.2) is 0 Å². The number of hydrogen-bond acceptors (Lipinski definition) is 2. The average Bonchev–Trinajstić information content (AvgIpc) is 0.811. The van der Waals surface area contributed by atoms with Crippen LogP contribution >= 0.6 is 0 Å².